The lowest BCUT2D eigenvalue weighted by Crippen LogP contribution is -2.24. The molecule has 30 heavy (non-hydrogen) atoms. The standard InChI is InChI=1S/C20H23F3O3S.CO2/c1-4-25-17(13-27-18-9-10-19(24-3)14(2)11-18)12-26-16-7-5-15(6-8-16)20(21,22)23;2-1-3/h5-11,17H,4,12-13H2,1-3H3;/t17-;/m1./s1. The predicted octanol–water partition coefficient (Wildman–Crippen LogP) is 5.02. The monoisotopic (exact) mass is 444 g/mol. The zero-order chi connectivity index (χ0) is 22.6. The van der Waals surface area contributed by atoms with Gasteiger partial charge in [-0.1, -0.05) is 0 Å². The van der Waals surface area contributed by atoms with Gasteiger partial charge in [0.05, 0.1) is 12.7 Å². The molecule has 9 heteroatoms. The molecule has 1 atom stereocenters. The van der Waals surface area contributed by atoms with Crippen molar-refractivity contribution in [3.63, 3.8) is 0 Å². The normalized spacial score (nSPS) is 11.7. The number of methoxy groups -OCH3 is 1. The second-order valence-corrected chi connectivity index (χ2v) is 7.03. The minimum atomic E-state index is -4.35. The smallest absolute Gasteiger partial charge is 0.416 e. The largest absolute Gasteiger partial charge is 0.496 e. The third kappa shape index (κ3) is 8.90. The van der Waals surface area contributed by atoms with Crippen LogP contribution in [0.3, 0.4) is 0 Å². The van der Waals surface area contributed by atoms with E-state index in [-0.39, 0.29) is 18.9 Å². The van der Waals surface area contributed by atoms with Crippen LogP contribution < -0.4 is 9.47 Å². The van der Waals surface area contributed by atoms with Crippen molar-refractivity contribution in [2.45, 2.75) is 31.0 Å². The van der Waals surface area contributed by atoms with Gasteiger partial charge in [-0.15, -0.1) is 11.8 Å². The highest BCUT2D eigenvalue weighted by Gasteiger charge is 2.30. The first kappa shape index (κ1) is 25.6. The molecule has 5 nitrogen and oxygen atoms in total. The summed E-state index contributed by atoms with van der Waals surface area (Å²) < 4.78 is 54.4. The minimum absolute atomic E-state index is 0.176. The van der Waals surface area contributed by atoms with Crippen molar-refractivity contribution >= 4 is 17.9 Å². The molecule has 0 bridgehead atoms. The van der Waals surface area contributed by atoms with Crippen molar-refractivity contribution in [3.05, 3.63) is 53.6 Å². The number of carbonyl (C=O) groups excluding carboxylic acids is 2. The summed E-state index contributed by atoms with van der Waals surface area (Å²) in [5.41, 5.74) is 0.359. The van der Waals surface area contributed by atoms with E-state index in [4.69, 9.17) is 23.8 Å². The van der Waals surface area contributed by atoms with Crippen molar-refractivity contribution < 1.29 is 37.0 Å². The van der Waals surface area contributed by atoms with Gasteiger partial charge in [0.15, 0.2) is 0 Å². The Bertz CT molecular complexity index is 803. The van der Waals surface area contributed by atoms with Crippen molar-refractivity contribution in [2.24, 2.45) is 0 Å². The molecule has 2 aromatic rings. The van der Waals surface area contributed by atoms with Gasteiger partial charge < -0.3 is 14.2 Å². The van der Waals surface area contributed by atoms with Gasteiger partial charge in [0, 0.05) is 17.3 Å². The Morgan fingerprint density at radius 2 is 1.73 bits per heavy atom. The van der Waals surface area contributed by atoms with Crippen LogP contribution in [-0.2, 0) is 20.5 Å². The number of thioether (sulfide) groups is 1. The van der Waals surface area contributed by atoms with Gasteiger partial charge in [-0.3, -0.25) is 0 Å². The van der Waals surface area contributed by atoms with Crippen molar-refractivity contribution in [1.82, 2.24) is 0 Å². The number of aryl methyl sites for hydroxylation is 1. The van der Waals surface area contributed by atoms with Gasteiger partial charge in [-0.25, -0.2) is 0 Å². The Balaban J connectivity index is 0.00000141. The van der Waals surface area contributed by atoms with E-state index in [1.54, 1.807) is 18.9 Å². The van der Waals surface area contributed by atoms with Crippen LogP contribution in [0.1, 0.15) is 18.1 Å². The zero-order valence-electron chi connectivity index (χ0n) is 16.8. The van der Waals surface area contributed by atoms with Crippen LogP contribution in [0.4, 0.5) is 13.2 Å². The topological polar surface area (TPSA) is 61.8 Å². The molecule has 0 fully saturated rings. The van der Waals surface area contributed by atoms with Gasteiger partial charge in [0.25, 0.3) is 0 Å². The molecule has 0 N–H and O–H groups in total. The van der Waals surface area contributed by atoms with E-state index >= 15 is 0 Å². The van der Waals surface area contributed by atoms with E-state index in [0.717, 1.165) is 28.3 Å². The molecule has 0 aliphatic carbocycles. The number of halogens is 3. The zero-order valence-corrected chi connectivity index (χ0v) is 17.6. The van der Waals surface area contributed by atoms with Gasteiger partial charge >= 0.3 is 12.3 Å². The summed E-state index contributed by atoms with van der Waals surface area (Å²) in [6.07, 6.45) is -4.27. The van der Waals surface area contributed by atoms with E-state index in [1.165, 1.54) is 12.1 Å². The molecule has 0 aliphatic rings. The van der Waals surface area contributed by atoms with Crippen LogP contribution in [0.25, 0.3) is 0 Å². The van der Waals surface area contributed by atoms with Crippen molar-refractivity contribution in [1.29, 1.82) is 0 Å². The Kier molecular flexibility index (Phi) is 11.0. The highest BCUT2D eigenvalue weighted by atomic mass is 32.2. The van der Waals surface area contributed by atoms with Gasteiger partial charge in [0.1, 0.15) is 24.2 Å². The lowest BCUT2D eigenvalue weighted by molar-refractivity contribution is -0.191. The van der Waals surface area contributed by atoms with Crippen LogP contribution in [0, 0.1) is 6.92 Å². The second kappa shape index (κ2) is 13.0. The molecule has 0 saturated heterocycles. The molecule has 0 aromatic heterocycles. The first-order valence-electron chi connectivity index (χ1n) is 8.93. The van der Waals surface area contributed by atoms with E-state index in [9.17, 15) is 13.2 Å². The first-order valence-corrected chi connectivity index (χ1v) is 9.92. The summed E-state index contributed by atoms with van der Waals surface area (Å²) in [5.74, 6) is 1.89. The van der Waals surface area contributed by atoms with E-state index in [0.29, 0.717) is 18.1 Å². The number of alkyl halides is 3. The highest BCUT2D eigenvalue weighted by molar-refractivity contribution is 7.99. The maximum absolute atomic E-state index is 12.6. The lowest BCUT2D eigenvalue weighted by Gasteiger charge is -2.18. The third-order valence-corrected chi connectivity index (χ3v) is 4.95. The van der Waals surface area contributed by atoms with E-state index < -0.39 is 11.7 Å². The molecule has 2 aromatic carbocycles. The van der Waals surface area contributed by atoms with Gasteiger partial charge in [-0.05, 0) is 61.9 Å². The average Bonchev–Trinajstić information content (AvgIpc) is 2.70. The number of ether oxygens (including phenoxy) is 3. The summed E-state index contributed by atoms with van der Waals surface area (Å²) in [6, 6.07) is 10.6. The molecular formula is C21H23F3O5S. The van der Waals surface area contributed by atoms with E-state index in [2.05, 4.69) is 0 Å². The van der Waals surface area contributed by atoms with Gasteiger partial charge in [-0.2, -0.15) is 22.8 Å². The Hall–Kier alpha value is -2.48. The Morgan fingerprint density at radius 3 is 2.23 bits per heavy atom. The number of hydrogen-bond donors (Lipinski definition) is 0. The fourth-order valence-electron chi connectivity index (χ4n) is 2.44. The maximum atomic E-state index is 12.6. The van der Waals surface area contributed by atoms with Crippen LogP contribution in [0.15, 0.2) is 47.4 Å². The van der Waals surface area contributed by atoms with E-state index in [1.807, 2.05) is 32.0 Å². The summed E-state index contributed by atoms with van der Waals surface area (Å²) in [7, 11) is 1.64. The summed E-state index contributed by atoms with van der Waals surface area (Å²) >= 11 is 1.63. The third-order valence-electron chi connectivity index (χ3n) is 3.82. The van der Waals surface area contributed by atoms with Crippen LogP contribution in [0.2, 0.25) is 0 Å². The Labute approximate surface area is 177 Å². The molecule has 164 valence electrons. The van der Waals surface area contributed by atoms with Crippen LogP contribution in [0.5, 0.6) is 11.5 Å². The minimum Gasteiger partial charge on any atom is -0.496 e. The molecule has 0 heterocycles. The van der Waals surface area contributed by atoms with Gasteiger partial charge in [0.2, 0.25) is 0 Å². The molecule has 0 saturated carbocycles. The molecule has 0 unspecified atom stereocenters. The maximum Gasteiger partial charge on any atom is 0.416 e. The highest BCUT2D eigenvalue weighted by Crippen LogP contribution is 2.30. The number of rotatable bonds is 9. The fraction of sp³-hybridized carbons (Fsp3) is 0.381. The average molecular weight is 444 g/mol. The van der Waals surface area contributed by atoms with Crippen molar-refractivity contribution in [3.8, 4) is 11.5 Å². The molecule has 0 spiro atoms. The molecule has 0 aliphatic heterocycles. The molecule has 2 rings (SSSR count). The molecular weight excluding hydrogens is 421 g/mol. The summed E-state index contributed by atoms with van der Waals surface area (Å²) in [4.78, 5) is 17.3. The Morgan fingerprint density at radius 1 is 1.10 bits per heavy atom. The summed E-state index contributed by atoms with van der Waals surface area (Å²) in [6.45, 7) is 4.68. The predicted molar refractivity (Wildman–Crippen MR) is 106 cm³/mol. The van der Waals surface area contributed by atoms with Crippen LogP contribution >= 0.6 is 11.8 Å². The quantitative estimate of drug-likeness (QED) is 0.507. The second-order valence-electron chi connectivity index (χ2n) is 5.94. The SMILES string of the molecule is CCO[C@H](COc1ccc(C(F)(F)F)cc1)CSc1ccc(OC)c(C)c1.O=C=O. The molecule has 0 radical (unpaired) electrons. The fourth-order valence-corrected chi connectivity index (χ4v) is 3.43. The lowest BCUT2D eigenvalue weighted by atomic mass is 10.2. The van der Waals surface area contributed by atoms with Crippen molar-refractivity contribution in [2.75, 3.05) is 26.1 Å². The number of benzene rings is 2. The number of hydrogen-bond acceptors (Lipinski definition) is 6. The summed E-state index contributed by atoms with van der Waals surface area (Å²) in [5, 5.41) is 0. The molecule has 0 amide bonds. The first-order chi connectivity index (χ1) is 14.2. The van der Waals surface area contributed by atoms with Crippen LogP contribution in [-0.4, -0.2) is 38.3 Å².